The molecule has 1 aromatic rings. The van der Waals surface area contributed by atoms with Gasteiger partial charge in [-0.15, -0.1) is 11.6 Å². The Labute approximate surface area is 125 Å². The average molecular weight is 382 g/mol. The first kappa shape index (κ1) is 14.1. The van der Waals surface area contributed by atoms with Gasteiger partial charge in [0.15, 0.2) is 0 Å². The van der Waals surface area contributed by atoms with Crippen molar-refractivity contribution in [2.75, 3.05) is 17.3 Å². The molecular weight excluding hydrogens is 365 g/mol. The van der Waals surface area contributed by atoms with Crippen molar-refractivity contribution in [2.45, 2.75) is 38.1 Å². The Morgan fingerprint density at radius 3 is 2.83 bits per heavy atom. The molecule has 0 spiro atoms. The fourth-order valence-electron chi connectivity index (χ4n) is 2.52. The number of nitrogens with one attached hydrogen (secondary N) is 1. The topological polar surface area (TPSA) is 49.0 Å². The first-order chi connectivity index (χ1) is 8.74. The summed E-state index contributed by atoms with van der Waals surface area (Å²) < 4.78 is 0.658. The van der Waals surface area contributed by atoms with Crippen molar-refractivity contribution in [3.8, 4) is 0 Å². The SMILES string of the molecule is O=c1[nH]cnc(N(CCCl)C2CCCCC2)c1I. The predicted molar refractivity (Wildman–Crippen MR) is 82.5 cm³/mol. The van der Waals surface area contributed by atoms with Gasteiger partial charge in [-0.05, 0) is 35.4 Å². The van der Waals surface area contributed by atoms with Gasteiger partial charge in [0, 0.05) is 18.5 Å². The third kappa shape index (κ3) is 3.17. The van der Waals surface area contributed by atoms with E-state index in [-0.39, 0.29) is 5.56 Å². The average Bonchev–Trinajstić information content (AvgIpc) is 2.41. The first-order valence-electron chi connectivity index (χ1n) is 6.30. The minimum absolute atomic E-state index is 0.0732. The minimum atomic E-state index is -0.0732. The van der Waals surface area contributed by atoms with Gasteiger partial charge in [-0.1, -0.05) is 19.3 Å². The second kappa shape index (κ2) is 6.75. The monoisotopic (exact) mass is 381 g/mol. The van der Waals surface area contributed by atoms with Gasteiger partial charge in [-0.25, -0.2) is 4.98 Å². The molecule has 0 unspecified atom stereocenters. The Balaban J connectivity index is 2.28. The number of anilines is 1. The summed E-state index contributed by atoms with van der Waals surface area (Å²) in [6.07, 6.45) is 7.63. The Bertz CT molecular complexity index is 445. The molecule has 0 radical (unpaired) electrons. The normalized spacial score (nSPS) is 16.8. The molecule has 1 saturated carbocycles. The van der Waals surface area contributed by atoms with Crippen molar-refractivity contribution < 1.29 is 0 Å². The minimum Gasteiger partial charge on any atom is -0.351 e. The molecule has 0 atom stereocenters. The Morgan fingerprint density at radius 1 is 1.44 bits per heavy atom. The number of hydrogen-bond acceptors (Lipinski definition) is 3. The number of nitrogens with zero attached hydrogens (tertiary/aromatic N) is 2. The van der Waals surface area contributed by atoms with E-state index < -0.39 is 0 Å². The fraction of sp³-hybridized carbons (Fsp3) is 0.667. The smallest absolute Gasteiger partial charge is 0.266 e. The summed E-state index contributed by atoms with van der Waals surface area (Å²) in [6.45, 7) is 0.749. The molecule has 1 aliphatic carbocycles. The van der Waals surface area contributed by atoms with E-state index in [2.05, 4.69) is 37.5 Å². The zero-order valence-electron chi connectivity index (χ0n) is 10.2. The van der Waals surface area contributed by atoms with Gasteiger partial charge in [-0.3, -0.25) is 4.79 Å². The standard InChI is InChI=1S/C12H17ClIN3O/c13-6-7-17(9-4-2-1-3-5-9)11-10(14)12(18)16-8-15-11/h8-9H,1-7H2,(H,15,16,18). The maximum absolute atomic E-state index is 11.7. The van der Waals surface area contributed by atoms with Gasteiger partial charge in [0.2, 0.25) is 0 Å². The summed E-state index contributed by atoms with van der Waals surface area (Å²) in [5.74, 6) is 1.34. The summed E-state index contributed by atoms with van der Waals surface area (Å²) in [6, 6.07) is 0.473. The van der Waals surface area contributed by atoms with Crippen LogP contribution in [0.5, 0.6) is 0 Å². The van der Waals surface area contributed by atoms with Crippen LogP contribution < -0.4 is 10.5 Å². The molecule has 1 N–H and O–H groups in total. The van der Waals surface area contributed by atoms with Crippen molar-refractivity contribution in [3.05, 3.63) is 20.3 Å². The van der Waals surface area contributed by atoms with E-state index in [4.69, 9.17) is 11.6 Å². The lowest BCUT2D eigenvalue weighted by atomic mass is 9.94. The molecule has 6 heteroatoms. The summed E-state index contributed by atoms with van der Waals surface area (Å²) in [5.41, 5.74) is -0.0732. The van der Waals surface area contributed by atoms with Gasteiger partial charge in [0.25, 0.3) is 5.56 Å². The van der Waals surface area contributed by atoms with E-state index in [0.29, 0.717) is 15.5 Å². The molecule has 0 saturated heterocycles. The molecule has 0 aliphatic heterocycles. The van der Waals surface area contributed by atoms with Crippen LogP contribution in [0.15, 0.2) is 11.1 Å². The van der Waals surface area contributed by atoms with Crippen molar-refractivity contribution in [2.24, 2.45) is 0 Å². The van der Waals surface area contributed by atoms with Crippen LogP contribution in [0.3, 0.4) is 0 Å². The summed E-state index contributed by atoms with van der Waals surface area (Å²) >= 11 is 7.96. The number of hydrogen-bond donors (Lipinski definition) is 1. The van der Waals surface area contributed by atoms with Crippen LogP contribution in [0.25, 0.3) is 0 Å². The first-order valence-corrected chi connectivity index (χ1v) is 7.91. The summed E-state index contributed by atoms with van der Waals surface area (Å²) in [7, 11) is 0. The van der Waals surface area contributed by atoms with E-state index in [0.717, 1.165) is 12.4 Å². The number of alkyl halides is 1. The third-order valence-electron chi connectivity index (χ3n) is 3.39. The lowest BCUT2D eigenvalue weighted by Crippen LogP contribution is -2.40. The molecule has 100 valence electrons. The highest BCUT2D eigenvalue weighted by atomic mass is 127. The second-order valence-electron chi connectivity index (χ2n) is 4.54. The zero-order chi connectivity index (χ0) is 13.0. The highest BCUT2D eigenvalue weighted by Gasteiger charge is 2.24. The largest absolute Gasteiger partial charge is 0.351 e. The highest BCUT2D eigenvalue weighted by Crippen LogP contribution is 2.27. The number of halogens is 2. The Morgan fingerprint density at radius 2 is 2.17 bits per heavy atom. The van der Waals surface area contributed by atoms with Crippen LogP contribution in [-0.2, 0) is 0 Å². The quantitative estimate of drug-likeness (QED) is 0.644. The molecule has 1 heterocycles. The molecule has 0 amide bonds. The van der Waals surface area contributed by atoms with Gasteiger partial charge >= 0.3 is 0 Å². The maximum atomic E-state index is 11.7. The lowest BCUT2D eigenvalue weighted by molar-refractivity contribution is 0.416. The van der Waals surface area contributed by atoms with Crippen molar-refractivity contribution in [1.29, 1.82) is 0 Å². The fourth-order valence-corrected chi connectivity index (χ4v) is 3.31. The molecule has 0 bridgehead atoms. The lowest BCUT2D eigenvalue weighted by Gasteiger charge is -2.35. The third-order valence-corrected chi connectivity index (χ3v) is 4.53. The van der Waals surface area contributed by atoms with Crippen molar-refractivity contribution >= 4 is 40.0 Å². The number of aromatic amines is 1. The molecule has 2 rings (SSSR count). The zero-order valence-corrected chi connectivity index (χ0v) is 13.1. The number of H-pyrrole nitrogens is 1. The van der Waals surface area contributed by atoms with Gasteiger partial charge in [-0.2, -0.15) is 0 Å². The van der Waals surface area contributed by atoms with Crippen molar-refractivity contribution in [3.63, 3.8) is 0 Å². The van der Waals surface area contributed by atoms with E-state index in [1.807, 2.05) is 0 Å². The van der Waals surface area contributed by atoms with Crippen molar-refractivity contribution in [1.82, 2.24) is 9.97 Å². The van der Waals surface area contributed by atoms with E-state index in [1.165, 1.54) is 38.4 Å². The molecule has 1 aromatic heterocycles. The predicted octanol–water partition coefficient (Wildman–Crippen LogP) is 2.75. The van der Waals surface area contributed by atoms with E-state index in [1.54, 1.807) is 0 Å². The van der Waals surface area contributed by atoms with Gasteiger partial charge in [0.1, 0.15) is 9.39 Å². The molecular formula is C12H17ClIN3O. The molecule has 1 aliphatic rings. The molecule has 18 heavy (non-hydrogen) atoms. The van der Waals surface area contributed by atoms with Gasteiger partial charge < -0.3 is 9.88 Å². The van der Waals surface area contributed by atoms with Crippen LogP contribution in [0.4, 0.5) is 5.82 Å². The Kier molecular flexibility index (Phi) is 5.29. The van der Waals surface area contributed by atoms with Crippen LogP contribution in [-0.4, -0.2) is 28.4 Å². The number of rotatable bonds is 4. The summed E-state index contributed by atoms with van der Waals surface area (Å²) in [5, 5.41) is 0. The van der Waals surface area contributed by atoms with Crippen LogP contribution in [0, 0.1) is 3.57 Å². The molecule has 1 fully saturated rings. The Hall–Kier alpha value is -0.300. The van der Waals surface area contributed by atoms with Crippen LogP contribution >= 0.6 is 34.2 Å². The number of aromatic nitrogens is 2. The van der Waals surface area contributed by atoms with Crippen LogP contribution in [0.2, 0.25) is 0 Å². The van der Waals surface area contributed by atoms with Gasteiger partial charge in [0.05, 0.1) is 6.33 Å². The summed E-state index contributed by atoms with van der Waals surface area (Å²) in [4.78, 5) is 20.8. The van der Waals surface area contributed by atoms with E-state index >= 15 is 0 Å². The van der Waals surface area contributed by atoms with E-state index in [9.17, 15) is 4.79 Å². The maximum Gasteiger partial charge on any atom is 0.266 e. The highest BCUT2D eigenvalue weighted by molar-refractivity contribution is 14.1. The molecule has 0 aromatic carbocycles. The second-order valence-corrected chi connectivity index (χ2v) is 6.00. The van der Waals surface area contributed by atoms with Crippen LogP contribution in [0.1, 0.15) is 32.1 Å². The molecule has 4 nitrogen and oxygen atoms in total.